The number of hydrogen-bond donors (Lipinski definition) is 1. The first kappa shape index (κ1) is 19.3. The number of nitrogens with zero attached hydrogens (tertiary/aromatic N) is 2. The maximum absolute atomic E-state index is 14.6. The zero-order valence-corrected chi connectivity index (χ0v) is 16.2. The smallest absolute Gasteiger partial charge is 0.266 e. The number of benzene rings is 2. The summed E-state index contributed by atoms with van der Waals surface area (Å²) in [5, 5.41) is 3.86. The van der Waals surface area contributed by atoms with Gasteiger partial charge >= 0.3 is 0 Å². The molecule has 0 bridgehead atoms. The average Bonchev–Trinajstić information content (AvgIpc) is 3.17. The van der Waals surface area contributed by atoms with Crippen LogP contribution >= 0.6 is 0 Å². The summed E-state index contributed by atoms with van der Waals surface area (Å²) in [5.41, 5.74) is 1.20. The van der Waals surface area contributed by atoms with Gasteiger partial charge in [-0.05, 0) is 19.9 Å². The molecule has 4 rings (SSSR count). The normalized spacial score (nSPS) is 14.0. The Bertz CT molecular complexity index is 1090. The van der Waals surface area contributed by atoms with Crippen LogP contribution < -0.4 is 14.8 Å². The Balaban J connectivity index is 1.80. The zero-order chi connectivity index (χ0) is 20.7. The third kappa shape index (κ3) is 3.32. The van der Waals surface area contributed by atoms with Crippen molar-refractivity contribution in [3.05, 3.63) is 52.6 Å². The largest absolute Gasteiger partial charge is 0.493 e. The highest BCUT2D eigenvalue weighted by atomic mass is 19.3. The van der Waals surface area contributed by atoms with Gasteiger partial charge in [-0.25, -0.2) is 23.1 Å². The molecule has 3 aromatic rings. The van der Waals surface area contributed by atoms with Gasteiger partial charge in [-0.2, -0.15) is 0 Å². The Morgan fingerprint density at radius 2 is 1.97 bits per heavy atom. The second kappa shape index (κ2) is 7.42. The van der Waals surface area contributed by atoms with Crippen molar-refractivity contribution < 1.29 is 22.6 Å². The fourth-order valence-corrected chi connectivity index (χ4v) is 3.66. The Kier molecular flexibility index (Phi) is 4.94. The highest BCUT2D eigenvalue weighted by molar-refractivity contribution is 5.95. The van der Waals surface area contributed by atoms with Gasteiger partial charge in [0.2, 0.25) is 0 Å². The molecule has 8 heteroatoms. The Morgan fingerprint density at radius 1 is 1.21 bits per heavy atom. The molecule has 1 aliphatic rings. The van der Waals surface area contributed by atoms with E-state index < -0.39 is 23.8 Å². The minimum absolute atomic E-state index is 0.142. The lowest BCUT2D eigenvalue weighted by atomic mass is 10.0. The highest BCUT2D eigenvalue weighted by Crippen LogP contribution is 2.42. The van der Waals surface area contributed by atoms with Crippen LogP contribution in [0, 0.1) is 12.7 Å². The van der Waals surface area contributed by atoms with Gasteiger partial charge < -0.3 is 14.8 Å². The van der Waals surface area contributed by atoms with E-state index in [1.165, 1.54) is 12.1 Å². The topological polar surface area (TPSA) is 56.3 Å². The van der Waals surface area contributed by atoms with Crippen LogP contribution in [0.3, 0.4) is 0 Å². The number of aryl methyl sites for hydroxylation is 1. The van der Waals surface area contributed by atoms with Crippen molar-refractivity contribution in [2.45, 2.75) is 32.7 Å². The van der Waals surface area contributed by atoms with Gasteiger partial charge in [-0.3, -0.25) is 0 Å². The van der Waals surface area contributed by atoms with Crippen LogP contribution in [0.4, 0.5) is 19.0 Å². The number of anilines is 1. The van der Waals surface area contributed by atoms with Gasteiger partial charge in [0.15, 0.2) is 11.5 Å². The summed E-state index contributed by atoms with van der Waals surface area (Å²) in [6.07, 6.45) is -2.18. The number of rotatable bonds is 5. The van der Waals surface area contributed by atoms with Gasteiger partial charge in [-0.15, -0.1) is 0 Å². The molecule has 0 saturated carbocycles. The summed E-state index contributed by atoms with van der Waals surface area (Å²) in [5.74, 6) is 1.35. The van der Waals surface area contributed by atoms with Crippen molar-refractivity contribution in [1.29, 1.82) is 0 Å². The molecule has 0 aliphatic carbocycles. The standard InChI is InChI=1S/C21H20F3N3O2/c1-10(12-5-4-6-13(17(12)22)20(23)24)25-21-15-9-16(28-3)19-14(7-8-29-19)18(15)26-11(2)27-21/h4-6,9-10,20H,7-8H2,1-3H3,(H,25,26,27)/t10-/m1/s1. The lowest BCUT2D eigenvalue weighted by Gasteiger charge is -2.19. The molecule has 2 heterocycles. The third-order valence-electron chi connectivity index (χ3n) is 5.05. The molecule has 0 unspecified atom stereocenters. The minimum Gasteiger partial charge on any atom is -0.493 e. The number of fused-ring (bicyclic) bond motifs is 3. The molecule has 29 heavy (non-hydrogen) atoms. The predicted molar refractivity (Wildman–Crippen MR) is 103 cm³/mol. The molecule has 0 spiro atoms. The Hall–Kier alpha value is -3.03. The minimum atomic E-state index is -2.88. The third-order valence-corrected chi connectivity index (χ3v) is 5.05. The summed E-state index contributed by atoms with van der Waals surface area (Å²) < 4.78 is 51.8. The van der Waals surface area contributed by atoms with Crippen molar-refractivity contribution in [1.82, 2.24) is 9.97 Å². The van der Waals surface area contributed by atoms with Crippen LogP contribution in [0.15, 0.2) is 24.3 Å². The average molecular weight is 403 g/mol. The molecule has 0 amide bonds. The van der Waals surface area contributed by atoms with Crippen LogP contribution in [-0.2, 0) is 6.42 Å². The van der Waals surface area contributed by atoms with E-state index in [1.54, 1.807) is 27.0 Å². The molecule has 5 nitrogen and oxygen atoms in total. The van der Waals surface area contributed by atoms with E-state index in [1.807, 2.05) is 0 Å². The Labute approximate surface area is 165 Å². The van der Waals surface area contributed by atoms with Crippen LogP contribution in [0.25, 0.3) is 10.9 Å². The molecule has 1 N–H and O–H groups in total. The molecule has 2 aromatic carbocycles. The molecule has 0 fully saturated rings. The van der Waals surface area contributed by atoms with E-state index in [0.29, 0.717) is 41.6 Å². The van der Waals surface area contributed by atoms with Gasteiger partial charge in [0, 0.05) is 22.9 Å². The van der Waals surface area contributed by atoms with E-state index in [4.69, 9.17) is 9.47 Å². The van der Waals surface area contributed by atoms with Crippen molar-refractivity contribution in [3.63, 3.8) is 0 Å². The summed E-state index contributed by atoms with van der Waals surface area (Å²) in [6.45, 7) is 4.00. The zero-order valence-electron chi connectivity index (χ0n) is 16.2. The first-order valence-corrected chi connectivity index (χ1v) is 9.24. The lowest BCUT2D eigenvalue weighted by molar-refractivity contribution is 0.146. The van der Waals surface area contributed by atoms with Gasteiger partial charge in [-0.1, -0.05) is 18.2 Å². The number of halogens is 3. The number of aromatic nitrogens is 2. The Morgan fingerprint density at radius 3 is 2.69 bits per heavy atom. The SMILES string of the molecule is COc1cc2c(N[C@H](C)c3cccc(C(F)F)c3F)nc(C)nc2c2c1OCC2. The molecule has 0 saturated heterocycles. The van der Waals surface area contributed by atoms with E-state index in [2.05, 4.69) is 15.3 Å². The van der Waals surface area contributed by atoms with Crippen LogP contribution in [0.1, 0.15) is 41.9 Å². The van der Waals surface area contributed by atoms with Gasteiger partial charge in [0.25, 0.3) is 6.43 Å². The summed E-state index contributed by atoms with van der Waals surface area (Å²) in [6, 6.07) is 5.19. The highest BCUT2D eigenvalue weighted by Gasteiger charge is 2.25. The fraction of sp³-hybridized carbons (Fsp3) is 0.333. The molecular weight excluding hydrogens is 383 g/mol. The first-order valence-electron chi connectivity index (χ1n) is 9.24. The van der Waals surface area contributed by atoms with Crippen molar-refractivity contribution >= 4 is 16.7 Å². The molecular formula is C21H20F3N3O2. The van der Waals surface area contributed by atoms with Crippen LogP contribution in [-0.4, -0.2) is 23.7 Å². The lowest BCUT2D eigenvalue weighted by Crippen LogP contribution is -2.12. The quantitative estimate of drug-likeness (QED) is 0.640. The number of hydrogen-bond acceptors (Lipinski definition) is 5. The molecule has 0 radical (unpaired) electrons. The molecule has 152 valence electrons. The summed E-state index contributed by atoms with van der Waals surface area (Å²) in [7, 11) is 1.55. The maximum Gasteiger partial charge on any atom is 0.266 e. The van der Waals surface area contributed by atoms with E-state index in [0.717, 1.165) is 17.1 Å². The van der Waals surface area contributed by atoms with E-state index >= 15 is 0 Å². The number of alkyl halides is 2. The van der Waals surface area contributed by atoms with Gasteiger partial charge in [0.1, 0.15) is 17.5 Å². The van der Waals surface area contributed by atoms with Gasteiger partial charge in [0.05, 0.1) is 30.8 Å². The molecule has 1 aliphatic heterocycles. The second-order valence-electron chi connectivity index (χ2n) is 6.92. The van der Waals surface area contributed by atoms with Crippen LogP contribution in [0.2, 0.25) is 0 Å². The second-order valence-corrected chi connectivity index (χ2v) is 6.92. The first-order chi connectivity index (χ1) is 13.9. The van der Waals surface area contributed by atoms with Crippen molar-refractivity contribution in [2.75, 3.05) is 19.0 Å². The molecule has 1 aromatic heterocycles. The monoisotopic (exact) mass is 403 g/mol. The van der Waals surface area contributed by atoms with Crippen LogP contribution in [0.5, 0.6) is 11.5 Å². The van der Waals surface area contributed by atoms with E-state index in [-0.39, 0.29) is 5.56 Å². The van der Waals surface area contributed by atoms with Crippen molar-refractivity contribution in [3.8, 4) is 11.5 Å². The molecule has 1 atom stereocenters. The summed E-state index contributed by atoms with van der Waals surface area (Å²) >= 11 is 0. The number of methoxy groups -OCH3 is 1. The fourth-order valence-electron chi connectivity index (χ4n) is 3.66. The van der Waals surface area contributed by atoms with Crippen molar-refractivity contribution in [2.24, 2.45) is 0 Å². The number of nitrogens with one attached hydrogen (secondary N) is 1. The summed E-state index contributed by atoms with van der Waals surface area (Å²) in [4.78, 5) is 9.02. The number of ether oxygens (including phenoxy) is 2. The van der Waals surface area contributed by atoms with E-state index in [9.17, 15) is 13.2 Å². The maximum atomic E-state index is 14.6. The predicted octanol–water partition coefficient (Wildman–Crippen LogP) is 5.13.